The number of hydrogen-bond donors (Lipinski definition) is 3. The van der Waals surface area contributed by atoms with Crippen molar-refractivity contribution in [1.29, 1.82) is 0 Å². The van der Waals surface area contributed by atoms with Crippen molar-refractivity contribution in [2.75, 3.05) is 19.6 Å². The average Bonchev–Trinajstić information content (AvgIpc) is 2.71. The molecule has 154 valence electrons. The number of nitrogens with zero attached hydrogens (tertiary/aromatic N) is 1. The molecule has 1 aliphatic heterocycles. The van der Waals surface area contributed by atoms with Gasteiger partial charge in [-0.1, -0.05) is 24.3 Å². The predicted molar refractivity (Wildman–Crippen MR) is 120 cm³/mol. The first-order chi connectivity index (χ1) is 14.0. The maximum atomic E-state index is 11.1. The number of piperidine rings is 1. The van der Waals surface area contributed by atoms with E-state index in [1.54, 1.807) is 6.07 Å². The Morgan fingerprint density at radius 1 is 0.966 bits per heavy atom. The van der Waals surface area contributed by atoms with E-state index in [-0.39, 0.29) is 11.5 Å². The van der Waals surface area contributed by atoms with Crippen molar-refractivity contribution >= 4 is 0 Å². The smallest absolute Gasteiger partial charge is 0.126 e. The molecule has 0 atom stereocenters. The Morgan fingerprint density at radius 3 is 2.31 bits per heavy atom. The lowest BCUT2D eigenvalue weighted by Gasteiger charge is -2.30. The summed E-state index contributed by atoms with van der Waals surface area (Å²) in [6.45, 7) is 10.5. The standard InChI is InChI=1S/C25H32N2O2/c1-3-5-18-7-8-24(28)22(16-18)23-17-19(6-4-2)15-20(25(23)29)9-12-27-13-10-21(26)11-14-27/h3-4,7-8,15-17,21,28-29H,1-2,5-6,9-14,26H2. The van der Waals surface area contributed by atoms with Gasteiger partial charge in [0.25, 0.3) is 0 Å². The third-order valence-electron chi connectivity index (χ3n) is 5.69. The van der Waals surface area contributed by atoms with Crippen LogP contribution >= 0.6 is 0 Å². The molecule has 1 fully saturated rings. The number of likely N-dealkylation sites (tertiary alicyclic amines) is 1. The van der Waals surface area contributed by atoms with Crippen molar-refractivity contribution in [1.82, 2.24) is 4.90 Å². The van der Waals surface area contributed by atoms with Crippen LogP contribution in [0.25, 0.3) is 11.1 Å². The van der Waals surface area contributed by atoms with Crippen LogP contribution in [0.4, 0.5) is 0 Å². The first-order valence-electron chi connectivity index (χ1n) is 10.4. The number of nitrogens with two attached hydrogens (primary N) is 1. The molecule has 0 amide bonds. The van der Waals surface area contributed by atoms with Gasteiger partial charge in [0.15, 0.2) is 0 Å². The highest BCUT2D eigenvalue weighted by molar-refractivity contribution is 5.78. The van der Waals surface area contributed by atoms with Crippen LogP contribution in [0.5, 0.6) is 11.5 Å². The maximum Gasteiger partial charge on any atom is 0.126 e. The molecule has 4 nitrogen and oxygen atoms in total. The Balaban J connectivity index is 1.92. The van der Waals surface area contributed by atoms with Crippen LogP contribution in [-0.4, -0.2) is 40.8 Å². The van der Waals surface area contributed by atoms with E-state index in [4.69, 9.17) is 5.73 Å². The Bertz CT molecular complexity index is 867. The van der Waals surface area contributed by atoms with Crippen LogP contribution in [0.3, 0.4) is 0 Å². The van der Waals surface area contributed by atoms with Crippen LogP contribution in [0.1, 0.15) is 29.5 Å². The highest BCUT2D eigenvalue weighted by Crippen LogP contribution is 2.39. The third-order valence-corrected chi connectivity index (χ3v) is 5.69. The molecule has 2 aromatic carbocycles. The summed E-state index contributed by atoms with van der Waals surface area (Å²) in [5, 5.41) is 21.5. The van der Waals surface area contributed by atoms with Crippen molar-refractivity contribution < 1.29 is 10.2 Å². The molecule has 0 saturated carbocycles. The van der Waals surface area contributed by atoms with Crippen LogP contribution in [-0.2, 0) is 19.3 Å². The van der Waals surface area contributed by atoms with Gasteiger partial charge < -0.3 is 20.8 Å². The number of hydrogen-bond acceptors (Lipinski definition) is 4. The first-order valence-corrected chi connectivity index (χ1v) is 10.4. The van der Waals surface area contributed by atoms with E-state index in [1.165, 1.54) is 0 Å². The fourth-order valence-electron chi connectivity index (χ4n) is 3.99. The highest BCUT2D eigenvalue weighted by Gasteiger charge is 2.18. The van der Waals surface area contributed by atoms with E-state index in [0.717, 1.165) is 55.6 Å². The SMILES string of the molecule is C=CCc1ccc(O)c(-c2cc(CC=C)cc(CCN3CCC(N)CC3)c2O)c1. The van der Waals surface area contributed by atoms with Gasteiger partial charge in [0.1, 0.15) is 11.5 Å². The van der Waals surface area contributed by atoms with E-state index in [0.29, 0.717) is 30.0 Å². The minimum Gasteiger partial charge on any atom is -0.507 e. The molecule has 0 aromatic heterocycles. The molecular formula is C25H32N2O2. The zero-order chi connectivity index (χ0) is 20.8. The van der Waals surface area contributed by atoms with Gasteiger partial charge >= 0.3 is 0 Å². The van der Waals surface area contributed by atoms with Gasteiger partial charge in [-0.3, -0.25) is 0 Å². The van der Waals surface area contributed by atoms with E-state index in [9.17, 15) is 10.2 Å². The summed E-state index contributed by atoms with van der Waals surface area (Å²) in [4.78, 5) is 2.41. The summed E-state index contributed by atoms with van der Waals surface area (Å²) >= 11 is 0. The number of rotatable bonds is 8. The Morgan fingerprint density at radius 2 is 1.62 bits per heavy atom. The molecule has 4 heteroatoms. The number of aromatic hydroxyl groups is 2. The molecule has 1 heterocycles. The van der Waals surface area contributed by atoms with E-state index >= 15 is 0 Å². The molecule has 0 radical (unpaired) electrons. The summed E-state index contributed by atoms with van der Waals surface area (Å²) in [7, 11) is 0. The van der Waals surface area contributed by atoms with Crippen molar-refractivity contribution in [2.45, 2.75) is 38.1 Å². The van der Waals surface area contributed by atoms with Crippen LogP contribution in [0.15, 0.2) is 55.6 Å². The molecular weight excluding hydrogens is 360 g/mol. The molecule has 2 aromatic rings. The second-order valence-corrected chi connectivity index (χ2v) is 7.92. The molecule has 4 N–H and O–H groups in total. The largest absolute Gasteiger partial charge is 0.507 e. The van der Waals surface area contributed by atoms with Gasteiger partial charge in [-0.2, -0.15) is 0 Å². The van der Waals surface area contributed by atoms with Gasteiger partial charge in [0, 0.05) is 23.7 Å². The lowest BCUT2D eigenvalue weighted by atomic mass is 9.93. The molecule has 0 spiro atoms. The summed E-state index contributed by atoms with van der Waals surface area (Å²) in [6.07, 6.45) is 7.93. The fourth-order valence-corrected chi connectivity index (χ4v) is 3.99. The Labute approximate surface area is 174 Å². The van der Waals surface area contributed by atoms with Gasteiger partial charge in [-0.05, 0) is 80.1 Å². The topological polar surface area (TPSA) is 69.7 Å². The van der Waals surface area contributed by atoms with Crippen molar-refractivity contribution in [3.63, 3.8) is 0 Å². The molecule has 0 bridgehead atoms. The summed E-state index contributed by atoms with van der Waals surface area (Å²) in [5.74, 6) is 0.414. The average molecular weight is 393 g/mol. The highest BCUT2D eigenvalue weighted by atomic mass is 16.3. The number of phenols is 2. The molecule has 29 heavy (non-hydrogen) atoms. The van der Waals surface area contributed by atoms with E-state index < -0.39 is 0 Å². The van der Waals surface area contributed by atoms with E-state index in [2.05, 4.69) is 24.1 Å². The Hall–Kier alpha value is -2.56. The predicted octanol–water partition coefficient (Wildman–Crippen LogP) is 4.19. The van der Waals surface area contributed by atoms with Crippen molar-refractivity contribution in [2.24, 2.45) is 5.73 Å². The molecule has 0 unspecified atom stereocenters. The second kappa shape index (κ2) is 9.77. The fraction of sp³-hybridized carbons (Fsp3) is 0.360. The van der Waals surface area contributed by atoms with Crippen LogP contribution in [0, 0.1) is 0 Å². The number of benzene rings is 2. The minimum atomic E-state index is 0.167. The van der Waals surface area contributed by atoms with Gasteiger partial charge in [0.2, 0.25) is 0 Å². The molecule has 0 aliphatic carbocycles. The van der Waals surface area contributed by atoms with Crippen molar-refractivity contribution in [3.8, 4) is 22.6 Å². The number of phenolic OH excluding ortho intramolecular Hbond substituents is 2. The third kappa shape index (κ3) is 5.28. The number of allylic oxidation sites excluding steroid dienone is 2. The van der Waals surface area contributed by atoms with E-state index in [1.807, 2.05) is 30.4 Å². The van der Waals surface area contributed by atoms with Crippen LogP contribution < -0.4 is 5.73 Å². The normalized spacial score (nSPS) is 15.3. The monoisotopic (exact) mass is 392 g/mol. The zero-order valence-electron chi connectivity index (χ0n) is 17.1. The van der Waals surface area contributed by atoms with Crippen molar-refractivity contribution in [3.05, 3.63) is 72.3 Å². The lowest BCUT2D eigenvalue weighted by molar-refractivity contribution is 0.215. The molecule has 3 rings (SSSR count). The Kier molecular flexibility index (Phi) is 7.13. The molecule has 1 saturated heterocycles. The summed E-state index contributed by atoms with van der Waals surface area (Å²) in [5.41, 5.74) is 10.4. The van der Waals surface area contributed by atoms with Gasteiger partial charge in [0.05, 0.1) is 0 Å². The summed E-state index contributed by atoms with van der Waals surface area (Å²) in [6, 6.07) is 9.82. The summed E-state index contributed by atoms with van der Waals surface area (Å²) < 4.78 is 0. The van der Waals surface area contributed by atoms with Gasteiger partial charge in [-0.15, -0.1) is 13.2 Å². The first kappa shape index (κ1) is 21.2. The minimum absolute atomic E-state index is 0.167. The second-order valence-electron chi connectivity index (χ2n) is 7.92. The molecule has 1 aliphatic rings. The maximum absolute atomic E-state index is 11.1. The van der Waals surface area contributed by atoms with Gasteiger partial charge in [-0.25, -0.2) is 0 Å². The lowest BCUT2D eigenvalue weighted by Crippen LogP contribution is -2.40. The zero-order valence-corrected chi connectivity index (χ0v) is 17.1. The quantitative estimate of drug-likeness (QED) is 0.589. The van der Waals surface area contributed by atoms with Crippen LogP contribution in [0.2, 0.25) is 0 Å².